The normalized spacial score (nSPS) is 10.4. The van der Waals surface area contributed by atoms with Gasteiger partial charge in [-0.2, -0.15) is 4.98 Å². The molecule has 0 saturated carbocycles. The van der Waals surface area contributed by atoms with E-state index in [2.05, 4.69) is 10.1 Å². The second kappa shape index (κ2) is 5.50. The number of nitrogens with zero attached hydrogens (tertiary/aromatic N) is 2. The minimum Gasteiger partial charge on any atom is -0.497 e. The lowest BCUT2D eigenvalue weighted by atomic mass is 10.2. The third-order valence-corrected chi connectivity index (χ3v) is 2.36. The molecule has 18 heavy (non-hydrogen) atoms. The van der Waals surface area contributed by atoms with Gasteiger partial charge in [-0.05, 0) is 18.2 Å². The van der Waals surface area contributed by atoms with Gasteiger partial charge in [0.25, 0.3) is 0 Å². The highest BCUT2D eigenvalue weighted by molar-refractivity contribution is 5.39. The van der Waals surface area contributed by atoms with Crippen molar-refractivity contribution < 1.29 is 19.1 Å². The van der Waals surface area contributed by atoms with Crippen molar-refractivity contribution in [3.63, 3.8) is 0 Å². The van der Waals surface area contributed by atoms with E-state index in [0.29, 0.717) is 28.8 Å². The highest BCUT2D eigenvalue weighted by Crippen LogP contribution is 2.24. The monoisotopic (exact) mass is 250 g/mol. The summed E-state index contributed by atoms with van der Waals surface area (Å²) in [5.74, 6) is 2.19. The number of hydrogen-bond donors (Lipinski definition) is 1. The Bertz CT molecular complexity index is 525. The van der Waals surface area contributed by atoms with E-state index in [4.69, 9.17) is 14.0 Å². The molecule has 6 nitrogen and oxygen atoms in total. The molecule has 0 saturated heterocycles. The zero-order chi connectivity index (χ0) is 13.0. The Morgan fingerprint density at radius 3 is 2.83 bits per heavy atom. The maximum absolute atomic E-state index is 9.25. The molecule has 1 heterocycles. The predicted octanol–water partition coefficient (Wildman–Crippen LogP) is 1.46. The summed E-state index contributed by atoms with van der Waals surface area (Å²) in [6, 6.07) is 5.21. The second-order valence-electron chi connectivity index (χ2n) is 3.65. The van der Waals surface area contributed by atoms with Crippen LogP contribution < -0.4 is 9.47 Å². The highest BCUT2D eigenvalue weighted by atomic mass is 16.5. The van der Waals surface area contributed by atoms with E-state index >= 15 is 0 Å². The molecule has 0 unspecified atom stereocenters. The van der Waals surface area contributed by atoms with Gasteiger partial charge in [-0.1, -0.05) is 5.16 Å². The van der Waals surface area contributed by atoms with Crippen LogP contribution in [0.5, 0.6) is 11.5 Å². The van der Waals surface area contributed by atoms with Crippen molar-refractivity contribution >= 4 is 0 Å². The quantitative estimate of drug-likeness (QED) is 0.865. The van der Waals surface area contributed by atoms with Crippen LogP contribution in [0, 0.1) is 6.92 Å². The van der Waals surface area contributed by atoms with Crippen LogP contribution in [0.3, 0.4) is 0 Å². The molecule has 1 aromatic heterocycles. The topological polar surface area (TPSA) is 77.6 Å². The van der Waals surface area contributed by atoms with Crippen molar-refractivity contribution in [3.8, 4) is 11.5 Å². The number of benzene rings is 1. The molecule has 1 aromatic carbocycles. The first-order valence-corrected chi connectivity index (χ1v) is 5.42. The van der Waals surface area contributed by atoms with Crippen molar-refractivity contribution in [3.05, 3.63) is 35.5 Å². The molecule has 2 aromatic rings. The zero-order valence-corrected chi connectivity index (χ0v) is 10.2. The van der Waals surface area contributed by atoms with Crippen LogP contribution in [-0.4, -0.2) is 22.4 Å². The molecule has 6 heteroatoms. The molecule has 2 rings (SSSR count). The average Bonchev–Trinajstić information content (AvgIpc) is 2.82. The van der Waals surface area contributed by atoms with E-state index in [-0.39, 0.29) is 13.2 Å². The Labute approximate surface area is 104 Å². The second-order valence-corrected chi connectivity index (χ2v) is 3.65. The summed E-state index contributed by atoms with van der Waals surface area (Å²) in [5.41, 5.74) is 0.648. The van der Waals surface area contributed by atoms with Crippen LogP contribution >= 0.6 is 0 Å². The maximum Gasteiger partial charge on any atom is 0.223 e. The minimum absolute atomic E-state index is 0.127. The molecule has 0 aliphatic heterocycles. The van der Waals surface area contributed by atoms with Crippen LogP contribution in [0.2, 0.25) is 0 Å². The zero-order valence-electron chi connectivity index (χ0n) is 10.2. The van der Waals surface area contributed by atoms with Gasteiger partial charge >= 0.3 is 0 Å². The van der Waals surface area contributed by atoms with Gasteiger partial charge in [-0.15, -0.1) is 0 Å². The Morgan fingerprint density at radius 2 is 2.22 bits per heavy atom. The number of methoxy groups -OCH3 is 1. The molecule has 96 valence electrons. The summed E-state index contributed by atoms with van der Waals surface area (Å²) in [7, 11) is 1.57. The van der Waals surface area contributed by atoms with Crippen molar-refractivity contribution in [2.75, 3.05) is 7.11 Å². The Morgan fingerprint density at radius 1 is 1.39 bits per heavy atom. The Kier molecular flexibility index (Phi) is 3.78. The third-order valence-electron chi connectivity index (χ3n) is 2.36. The average molecular weight is 250 g/mol. The lowest BCUT2D eigenvalue weighted by Gasteiger charge is -2.09. The van der Waals surface area contributed by atoms with Crippen molar-refractivity contribution in [2.45, 2.75) is 20.1 Å². The number of aliphatic hydroxyl groups excluding tert-OH is 1. The van der Waals surface area contributed by atoms with Gasteiger partial charge < -0.3 is 19.1 Å². The van der Waals surface area contributed by atoms with Crippen LogP contribution in [0.1, 0.15) is 17.3 Å². The molecular weight excluding hydrogens is 236 g/mol. The molecular formula is C12H14N2O4. The van der Waals surface area contributed by atoms with Crippen molar-refractivity contribution in [2.24, 2.45) is 0 Å². The first-order chi connectivity index (χ1) is 8.72. The molecule has 0 aliphatic carbocycles. The Balaban J connectivity index is 2.08. The maximum atomic E-state index is 9.25. The van der Waals surface area contributed by atoms with E-state index in [1.165, 1.54) is 0 Å². The Hall–Kier alpha value is -2.08. The molecule has 0 amide bonds. The van der Waals surface area contributed by atoms with Gasteiger partial charge in [-0.25, -0.2) is 0 Å². The lowest BCUT2D eigenvalue weighted by molar-refractivity contribution is 0.252. The van der Waals surface area contributed by atoms with E-state index in [0.717, 1.165) is 0 Å². The van der Waals surface area contributed by atoms with Gasteiger partial charge in [0.15, 0.2) is 6.61 Å². The van der Waals surface area contributed by atoms with Crippen LogP contribution in [0.4, 0.5) is 0 Å². The fourth-order valence-corrected chi connectivity index (χ4v) is 1.49. The van der Waals surface area contributed by atoms with Crippen LogP contribution in [-0.2, 0) is 13.2 Å². The van der Waals surface area contributed by atoms with Gasteiger partial charge in [0.1, 0.15) is 11.5 Å². The number of aryl methyl sites for hydroxylation is 1. The fourth-order valence-electron chi connectivity index (χ4n) is 1.49. The summed E-state index contributed by atoms with van der Waals surface area (Å²) in [5, 5.41) is 13.0. The molecule has 0 fully saturated rings. The van der Waals surface area contributed by atoms with E-state index in [1.807, 2.05) is 0 Å². The van der Waals surface area contributed by atoms with Crippen molar-refractivity contribution in [1.29, 1.82) is 0 Å². The molecule has 0 atom stereocenters. The van der Waals surface area contributed by atoms with Gasteiger partial charge in [0, 0.05) is 12.5 Å². The largest absolute Gasteiger partial charge is 0.497 e. The SMILES string of the molecule is COc1ccc(OCc2noc(C)n2)c(CO)c1. The first kappa shape index (κ1) is 12.4. The summed E-state index contributed by atoms with van der Waals surface area (Å²) < 4.78 is 15.4. The predicted molar refractivity (Wildman–Crippen MR) is 62.3 cm³/mol. The first-order valence-electron chi connectivity index (χ1n) is 5.42. The van der Waals surface area contributed by atoms with E-state index < -0.39 is 0 Å². The highest BCUT2D eigenvalue weighted by Gasteiger charge is 2.07. The number of aromatic nitrogens is 2. The molecule has 0 bridgehead atoms. The smallest absolute Gasteiger partial charge is 0.223 e. The number of ether oxygens (including phenoxy) is 2. The van der Waals surface area contributed by atoms with Gasteiger partial charge in [-0.3, -0.25) is 0 Å². The molecule has 0 spiro atoms. The number of rotatable bonds is 5. The van der Waals surface area contributed by atoms with Gasteiger partial charge in [0.05, 0.1) is 13.7 Å². The number of hydrogen-bond acceptors (Lipinski definition) is 6. The third kappa shape index (κ3) is 2.78. The summed E-state index contributed by atoms with van der Waals surface area (Å²) in [4.78, 5) is 4.03. The summed E-state index contributed by atoms with van der Waals surface area (Å²) >= 11 is 0. The molecule has 1 N–H and O–H groups in total. The summed E-state index contributed by atoms with van der Waals surface area (Å²) in [6.45, 7) is 1.78. The molecule has 0 radical (unpaired) electrons. The lowest BCUT2D eigenvalue weighted by Crippen LogP contribution is -2.01. The summed E-state index contributed by atoms with van der Waals surface area (Å²) in [6.07, 6.45) is 0. The fraction of sp³-hybridized carbons (Fsp3) is 0.333. The van der Waals surface area contributed by atoms with Crippen LogP contribution in [0.15, 0.2) is 22.7 Å². The molecule has 0 aliphatic rings. The van der Waals surface area contributed by atoms with Gasteiger partial charge in [0.2, 0.25) is 11.7 Å². The van der Waals surface area contributed by atoms with Crippen molar-refractivity contribution in [1.82, 2.24) is 10.1 Å². The number of aliphatic hydroxyl groups is 1. The standard InChI is InChI=1S/C12H14N2O4/c1-8-13-12(14-18-8)7-17-11-4-3-10(16-2)5-9(11)6-15/h3-5,15H,6-7H2,1-2H3. The van der Waals surface area contributed by atoms with Crippen LogP contribution in [0.25, 0.3) is 0 Å². The van der Waals surface area contributed by atoms with E-state index in [1.54, 1.807) is 32.2 Å². The minimum atomic E-state index is -0.127. The van der Waals surface area contributed by atoms with E-state index in [9.17, 15) is 5.11 Å².